The van der Waals surface area contributed by atoms with E-state index in [0.29, 0.717) is 44.9 Å². The molecule has 6 saturated heterocycles. The van der Waals surface area contributed by atoms with Crippen molar-refractivity contribution in [2.75, 3.05) is 13.1 Å². The number of carbonyl (C=O) groups is 3. The summed E-state index contributed by atoms with van der Waals surface area (Å²) in [4.78, 5) is 63.7. The van der Waals surface area contributed by atoms with Gasteiger partial charge in [0, 0.05) is 74.1 Å². The molecule has 2 spiro atoms. The Bertz CT molecular complexity index is 1860. The first-order valence-electron chi connectivity index (χ1n) is 22.5. The van der Waals surface area contributed by atoms with Crippen LogP contribution in [0.15, 0.2) is 22.7 Å². The van der Waals surface area contributed by atoms with E-state index in [1.165, 1.54) is 0 Å². The summed E-state index contributed by atoms with van der Waals surface area (Å²) in [5, 5.41) is 7.31. The molecule has 2 unspecified atom stereocenters. The summed E-state index contributed by atoms with van der Waals surface area (Å²) in [6.45, 7) is 7.38. The Morgan fingerprint density at radius 1 is 0.714 bits per heavy atom. The van der Waals surface area contributed by atoms with E-state index in [0.717, 1.165) is 32.6 Å². The van der Waals surface area contributed by atoms with Crippen molar-refractivity contribution in [3.8, 4) is 0 Å². The van der Waals surface area contributed by atoms with Gasteiger partial charge in [-0.05, 0) is 63.7 Å². The lowest BCUT2D eigenvalue weighted by atomic mass is 9.59. The number of carbonyl (C=O) groups excluding carboxylic acids is 3. The highest BCUT2D eigenvalue weighted by molar-refractivity contribution is 5.91. The number of amides is 3. The van der Waals surface area contributed by atoms with Crippen molar-refractivity contribution in [3.05, 3.63) is 22.7 Å². The second-order valence-electron chi connectivity index (χ2n) is 19.2. The van der Waals surface area contributed by atoms with Gasteiger partial charge in [-0.1, -0.05) is 40.0 Å². The Hall–Kier alpha value is -3.17. The van der Waals surface area contributed by atoms with E-state index >= 15 is 0 Å². The first-order chi connectivity index (χ1) is 29.7. The standard InChI is InChI=1S/C43H59F6N3O11/c1-6-7-8-9-16-39-18-15-28-23(3)11-12-29-25(33(42(44,45)46)57-37(59-39)41(28,29)63-61-39)20-50-32(54)19-31(52-24(4)53)35(55)51-21-26-30-13-10-22(2)27-14-17-38(5)58-36(40(27,30)62-60-38)56-34(26)43(47,48)49/h22-23,27-31,36-37H,6-21H2,1-5H3,(H,50,54)(H,51,55)(H,52,53)/t22-,23-,27+,28+,29+,30+,31+,36-,37-,38?,39?,40-,41-/m1/s1. The molecule has 4 bridgehead atoms. The highest BCUT2D eigenvalue weighted by Gasteiger charge is 2.72. The molecule has 2 aliphatic carbocycles. The minimum atomic E-state index is -4.99. The van der Waals surface area contributed by atoms with Gasteiger partial charge >= 0.3 is 12.4 Å². The third kappa shape index (κ3) is 8.24. The predicted molar refractivity (Wildman–Crippen MR) is 205 cm³/mol. The Kier molecular flexibility index (Phi) is 12.5. The number of allylic oxidation sites excluding steroid dienone is 2. The molecule has 3 N–H and O–H groups in total. The third-order valence-corrected chi connectivity index (χ3v) is 15.1. The molecular formula is C43H59F6N3O11. The molecule has 354 valence electrons. The molecule has 0 aromatic rings. The summed E-state index contributed by atoms with van der Waals surface area (Å²) >= 11 is 0. The van der Waals surface area contributed by atoms with Gasteiger partial charge in [0.2, 0.25) is 53.4 Å². The van der Waals surface area contributed by atoms with Crippen molar-refractivity contribution in [1.82, 2.24) is 16.0 Å². The van der Waals surface area contributed by atoms with Crippen LogP contribution in [-0.4, -0.2) is 84.6 Å². The maximum absolute atomic E-state index is 14.9. The molecule has 8 heterocycles. The Morgan fingerprint density at radius 3 is 1.84 bits per heavy atom. The van der Waals surface area contributed by atoms with E-state index in [1.807, 2.05) is 13.8 Å². The van der Waals surface area contributed by atoms with Crippen LogP contribution in [0.25, 0.3) is 0 Å². The molecule has 2 saturated carbocycles. The maximum Gasteiger partial charge on any atom is 0.449 e. The van der Waals surface area contributed by atoms with Crippen LogP contribution in [0.5, 0.6) is 0 Å². The van der Waals surface area contributed by atoms with Gasteiger partial charge in [-0.3, -0.25) is 14.4 Å². The minimum absolute atomic E-state index is 0.0202. The molecule has 0 aromatic heterocycles. The second-order valence-corrected chi connectivity index (χ2v) is 19.2. The van der Waals surface area contributed by atoms with E-state index in [4.69, 9.17) is 38.5 Å². The molecule has 8 fully saturated rings. The van der Waals surface area contributed by atoms with Crippen LogP contribution >= 0.6 is 0 Å². The topological polar surface area (TPSA) is 161 Å². The quantitative estimate of drug-likeness (QED) is 0.0976. The molecule has 13 atom stereocenters. The van der Waals surface area contributed by atoms with Crippen molar-refractivity contribution < 1.29 is 79.2 Å². The van der Waals surface area contributed by atoms with Crippen LogP contribution in [0.2, 0.25) is 0 Å². The molecule has 10 rings (SSSR count). The van der Waals surface area contributed by atoms with Crippen LogP contribution in [-0.2, 0) is 52.9 Å². The zero-order chi connectivity index (χ0) is 45.3. The maximum atomic E-state index is 14.9. The van der Waals surface area contributed by atoms with E-state index < -0.39 is 114 Å². The molecule has 8 aliphatic heterocycles. The number of nitrogens with one attached hydrogen (secondary N) is 3. The normalized spacial score (nSPS) is 39.8. The van der Waals surface area contributed by atoms with Crippen LogP contribution in [0.4, 0.5) is 26.3 Å². The van der Waals surface area contributed by atoms with E-state index in [1.54, 1.807) is 6.92 Å². The second kappa shape index (κ2) is 16.9. The summed E-state index contributed by atoms with van der Waals surface area (Å²) in [7, 11) is 0. The SMILES string of the molecule is CCCCCCC12CC[C@H]3[C@H](C)CC[C@H]4C(CNC(=O)C[C@H](NC(C)=O)C(=O)NCC5=C(C(F)(F)F)O[C@@H]6OC7(C)CC[C@H]8[C@H](C)CC[C@@H]5[C@@]68OO7)=C(C(F)(F)F)O[C@H](O1)[C@]43OO2. The zero-order valence-electron chi connectivity index (χ0n) is 36.3. The first kappa shape index (κ1) is 46.4. The average molecular weight is 908 g/mol. The van der Waals surface area contributed by atoms with Gasteiger partial charge < -0.3 is 34.9 Å². The summed E-state index contributed by atoms with van der Waals surface area (Å²) in [6, 6.07) is -1.62. The van der Waals surface area contributed by atoms with Crippen LogP contribution in [0.1, 0.15) is 125 Å². The Labute approximate surface area is 362 Å². The summed E-state index contributed by atoms with van der Waals surface area (Å²) < 4.78 is 113. The minimum Gasteiger partial charge on any atom is -0.456 e. The van der Waals surface area contributed by atoms with Crippen molar-refractivity contribution in [2.24, 2.45) is 35.5 Å². The fraction of sp³-hybridized carbons (Fsp3) is 0.837. The number of hydrogen-bond acceptors (Lipinski definition) is 11. The van der Waals surface area contributed by atoms with Gasteiger partial charge in [0.15, 0.2) is 11.2 Å². The number of alkyl halides is 6. The van der Waals surface area contributed by atoms with Crippen LogP contribution in [0, 0.1) is 35.5 Å². The monoisotopic (exact) mass is 907 g/mol. The summed E-state index contributed by atoms with van der Waals surface area (Å²) in [5.74, 6) is -10.3. The van der Waals surface area contributed by atoms with Gasteiger partial charge in [-0.2, -0.15) is 26.3 Å². The molecule has 3 amide bonds. The average Bonchev–Trinajstić information content (AvgIpc) is 3.60. The molecule has 20 heteroatoms. The third-order valence-electron chi connectivity index (χ3n) is 15.1. The molecule has 0 radical (unpaired) electrons. The van der Waals surface area contributed by atoms with Crippen molar-refractivity contribution in [3.63, 3.8) is 0 Å². The number of fused-ring (bicyclic) bond motifs is 4. The van der Waals surface area contributed by atoms with Crippen LogP contribution < -0.4 is 16.0 Å². The first-order valence-corrected chi connectivity index (χ1v) is 22.5. The predicted octanol–water partition coefficient (Wildman–Crippen LogP) is 7.19. The van der Waals surface area contributed by atoms with Gasteiger partial charge in [0.05, 0.1) is 6.42 Å². The van der Waals surface area contributed by atoms with Gasteiger partial charge in [0.25, 0.3) is 0 Å². The lowest BCUT2D eigenvalue weighted by molar-refractivity contribution is -0.562. The Balaban J connectivity index is 1.000. The number of halogens is 6. The van der Waals surface area contributed by atoms with E-state index in [2.05, 4.69) is 22.9 Å². The molecule has 10 aliphatic rings. The zero-order valence-corrected chi connectivity index (χ0v) is 36.3. The number of unbranched alkanes of at least 4 members (excludes halogenated alkanes) is 3. The lowest BCUT2D eigenvalue weighted by Gasteiger charge is -2.57. The fourth-order valence-electron chi connectivity index (χ4n) is 12.1. The highest BCUT2D eigenvalue weighted by atomic mass is 19.4. The van der Waals surface area contributed by atoms with Crippen LogP contribution in [0.3, 0.4) is 0 Å². The molecule has 63 heavy (non-hydrogen) atoms. The molecule has 0 aromatic carbocycles. The number of ether oxygens (including phenoxy) is 4. The fourth-order valence-corrected chi connectivity index (χ4v) is 12.1. The van der Waals surface area contributed by atoms with Crippen molar-refractivity contribution >= 4 is 17.7 Å². The van der Waals surface area contributed by atoms with Gasteiger partial charge in [-0.15, -0.1) is 0 Å². The molecule has 14 nitrogen and oxygen atoms in total. The highest BCUT2D eigenvalue weighted by Crippen LogP contribution is 2.63. The molecular weight excluding hydrogens is 848 g/mol. The van der Waals surface area contributed by atoms with Crippen molar-refractivity contribution in [1.29, 1.82) is 0 Å². The Morgan fingerprint density at radius 2 is 1.27 bits per heavy atom. The van der Waals surface area contributed by atoms with Gasteiger partial charge in [-0.25, -0.2) is 19.6 Å². The largest absolute Gasteiger partial charge is 0.456 e. The van der Waals surface area contributed by atoms with Crippen molar-refractivity contribution in [2.45, 2.75) is 178 Å². The summed E-state index contributed by atoms with van der Waals surface area (Å²) in [6.07, 6.45) is -6.17. The lowest BCUT2D eigenvalue weighted by Crippen LogP contribution is -2.68. The number of hydrogen-bond donors (Lipinski definition) is 3. The number of rotatable bonds is 13. The van der Waals surface area contributed by atoms with E-state index in [-0.39, 0.29) is 47.7 Å². The van der Waals surface area contributed by atoms with Gasteiger partial charge in [0.1, 0.15) is 6.04 Å². The smallest absolute Gasteiger partial charge is 0.449 e. The summed E-state index contributed by atoms with van der Waals surface area (Å²) in [5.41, 5.74) is -3.46. The van der Waals surface area contributed by atoms with E-state index in [9.17, 15) is 40.7 Å².